The van der Waals surface area contributed by atoms with Crippen LogP contribution in [-0.2, 0) is 51.2 Å². The van der Waals surface area contributed by atoms with E-state index in [4.69, 9.17) is 5.73 Å². The van der Waals surface area contributed by atoms with Gasteiger partial charge in [0.1, 0.15) is 30.2 Å². The van der Waals surface area contributed by atoms with Gasteiger partial charge in [-0.2, -0.15) is 0 Å². The van der Waals surface area contributed by atoms with Gasteiger partial charge in [0, 0.05) is 13.0 Å². The number of carbonyl (C=O) groups is 8. The molecule has 0 spiro atoms. The molecule has 0 bridgehead atoms. The molecule has 0 fully saturated rings. The summed E-state index contributed by atoms with van der Waals surface area (Å²) in [4.78, 5) is 105. The van der Waals surface area contributed by atoms with Gasteiger partial charge in [-0.1, -0.05) is 102 Å². The molecule has 0 heterocycles. The summed E-state index contributed by atoms with van der Waals surface area (Å²) < 4.78 is 0. The van der Waals surface area contributed by atoms with Crippen molar-refractivity contribution in [3.05, 3.63) is 71.8 Å². The maximum atomic E-state index is 14.2. The Morgan fingerprint density at radius 1 is 0.614 bits per heavy atom. The first-order valence-corrected chi connectivity index (χ1v) is 19.0. The molecule has 2 aromatic carbocycles. The van der Waals surface area contributed by atoms with Gasteiger partial charge in [0.15, 0.2) is 0 Å². The molecule has 5 atom stereocenters. The predicted molar refractivity (Wildman–Crippen MR) is 211 cm³/mol. The van der Waals surface area contributed by atoms with E-state index in [0.717, 1.165) is 11.1 Å². The van der Waals surface area contributed by atoms with Crippen molar-refractivity contribution in [2.24, 2.45) is 29.4 Å². The molecule has 0 aliphatic heterocycles. The second-order valence-electron chi connectivity index (χ2n) is 15.4. The number of nitrogens with two attached hydrogens (primary N) is 1. The number of primary amides is 1. The molecule has 16 heteroatoms. The van der Waals surface area contributed by atoms with Gasteiger partial charge in [0.2, 0.25) is 35.4 Å². The second kappa shape index (κ2) is 22.7. The highest BCUT2D eigenvalue weighted by molar-refractivity contribution is 5.98. The summed E-state index contributed by atoms with van der Waals surface area (Å²) >= 11 is 0. The van der Waals surface area contributed by atoms with Crippen molar-refractivity contribution in [1.82, 2.24) is 26.2 Å². The van der Waals surface area contributed by atoms with E-state index in [0.29, 0.717) is 12.8 Å². The van der Waals surface area contributed by atoms with Crippen LogP contribution in [0.25, 0.3) is 0 Å². The van der Waals surface area contributed by atoms with Crippen LogP contribution in [0, 0.1) is 23.7 Å². The van der Waals surface area contributed by atoms with Gasteiger partial charge < -0.3 is 42.1 Å². The summed E-state index contributed by atoms with van der Waals surface area (Å²) in [6.45, 7) is 10.2. The number of nitrogens with one attached hydrogen (secondary N) is 4. The van der Waals surface area contributed by atoms with E-state index in [1.165, 1.54) is 4.90 Å². The van der Waals surface area contributed by atoms with Crippen molar-refractivity contribution in [1.29, 1.82) is 0 Å². The van der Waals surface area contributed by atoms with E-state index in [-0.39, 0.29) is 18.2 Å². The Morgan fingerprint density at radius 3 is 1.47 bits per heavy atom. The van der Waals surface area contributed by atoms with Crippen molar-refractivity contribution in [2.45, 2.75) is 104 Å². The predicted octanol–water partition coefficient (Wildman–Crippen LogP) is 1.65. The van der Waals surface area contributed by atoms with Gasteiger partial charge >= 0.3 is 11.9 Å². The molecule has 2 aromatic rings. The third-order valence-electron chi connectivity index (χ3n) is 9.28. The van der Waals surface area contributed by atoms with Crippen LogP contribution in [-0.4, -0.2) is 99.8 Å². The Bertz CT molecular complexity index is 1660. The Kier molecular flexibility index (Phi) is 18.8. The zero-order chi connectivity index (χ0) is 43.0. The second-order valence-corrected chi connectivity index (χ2v) is 15.4. The van der Waals surface area contributed by atoms with Gasteiger partial charge in [-0.05, 0) is 48.1 Å². The molecule has 0 unspecified atom stereocenters. The number of benzene rings is 2. The van der Waals surface area contributed by atoms with Crippen LogP contribution in [0.3, 0.4) is 0 Å². The fraction of sp³-hybridized carbons (Fsp3) is 0.512. The van der Waals surface area contributed by atoms with Crippen LogP contribution in [0.4, 0.5) is 0 Å². The SMILES string of the molecule is CC(C)C[C@H](NC(=O)[C@H](CC(=O)O)NC(=O)[C@H](CC(N)=O)NC(=O)[C@@H](NC(=O)[C@H](C(C)C)N(C)C(=O)C(Cc1ccccc1)Cc1ccccc1)C(C)C)C(=O)O. The zero-order valence-electron chi connectivity index (χ0n) is 33.7. The van der Waals surface area contributed by atoms with E-state index in [9.17, 15) is 48.6 Å². The molecule has 0 aliphatic carbocycles. The number of likely N-dealkylation sites (N-methyl/N-ethyl adjacent to an activating group) is 1. The summed E-state index contributed by atoms with van der Waals surface area (Å²) in [6, 6.07) is 11.8. The number of aliphatic carboxylic acids is 2. The molecule has 0 aliphatic rings. The first-order chi connectivity index (χ1) is 26.7. The summed E-state index contributed by atoms with van der Waals surface area (Å²) in [7, 11) is 1.54. The number of hydrogen-bond acceptors (Lipinski definition) is 8. The molecule has 2 rings (SSSR count). The van der Waals surface area contributed by atoms with E-state index in [1.807, 2.05) is 60.7 Å². The van der Waals surface area contributed by atoms with Gasteiger partial charge in [0.05, 0.1) is 12.8 Å². The largest absolute Gasteiger partial charge is 0.481 e. The standard InChI is InChI=1S/C41H58N6O10/c1-23(2)18-31(41(56)57)45-37(52)30(22-33(49)50)43-36(51)29(21-32(42)48)44-38(53)34(24(3)4)46-39(54)35(25(5)6)47(7)40(55)28(19-26-14-10-8-11-15-26)20-27-16-12-9-13-17-27/h8-17,23-25,28-31,34-35H,18-22H2,1-7H3,(H2,42,48)(H,43,51)(H,44,53)(H,45,52)(H,46,54)(H,49,50)(H,56,57)/t29-,30-,31-,34-,35-/m0/s1. The molecule has 16 nitrogen and oxygen atoms in total. The van der Waals surface area contributed by atoms with Crippen molar-refractivity contribution in [2.75, 3.05) is 7.05 Å². The topological polar surface area (TPSA) is 254 Å². The van der Waals surface area contributed by atoms with E-state index < -0.39 is 102 Å². The van der Waals surface area contributed by atoms with Gasteiger partial charge in [0.25, 0.3) is 0 Å². The van der Waals surface area contributed by atoms with E-state index in [2.05, 4.69) is 21.3 Å². The lowest BCUT2D eigenvalue weighted by Gasteiger charge is -2.34. The van der Waals surface area contributed by atoms with Crippen molar-refractivity contribution >= 4 is 47.4 Å². The fourth-order valence-corrected chi connectivity index (χ4v) is 6.46. The average molecular weight is 795 g/mol. The summed E-state index contributed by atoms with van der Waals surface area (Å²) in [5, 5.41) is 28.5. The number of carbonyl (C=O) groups excluding carboxylic acids is 6. The maximum Gasteiger partial charge on any atom is 0.326 e. The van der Waals surface area contributed by atoms with E-state index in [1.54, 1.807) is 48.6 Å². The molecule has 0 aromatic heterocycles. The first-order valence-electron chi connectivity index (χ1n) is 19.0. The Balaban J connectivity index is 2.32. The number of nitrogens with zero attached hydrogens (tertiary/aromatic N) is 1. The highest BCUT2D eigenvalue weighted by Crippen LogP contribution is 2.21. The zero-order valence-corrected chi connectivity index (χ0v) is 33.7. The Labute approximate surface area is 333 Å². The average Bonchev–Trinajstić information content (AvgIpc) is 3.12. The molecule has 0 radical (unpaired) electrons. The lowest BCUT2D eigenvalue weighted by atomic mass is 9.90. The Hall–Kier alpha value is -5.80. The first kappa shape index (κ1) is 47.4. The molecule has 57 heavy (non-hydrogen) atoms. The Morgan fingerprint density at radius 2 is 1.07 bits per heavy atom. The minimum atomic E-state index is -1.79. The van der Waals surface area contributed by atoms with Crippen molar-refractivity contribution < 1.29 is 48.6 Å². The number of carboxylic acid groups (broad SMARTS) is 2. The molecular formula is C41H58N6O10. The highest BCUT2D eigenvalue weighted by Gasteiger charge is 2.38. The van der Waals surface area contributed by atoms with Crippen LogP contribution >= 0.6 is 0 Å². The minimum Gasteiger partial charge on any atom is -0.481 e. The molecule has 0 saturated carbocycles. The van der Waals surface area contributed by atoms with Gasteiger partial charge in [-0.15, -0.1) is 0 Å². The molecule has 8 N–H and O–H groups in total. The highest BCUT2D eigenvalue weighted by atomic mass is 16.4. The van der Waals surface area contributed by atoms with Crippen molar-refractivity contribution in [3.8, 4) is 0 Å². The molecule has 6 amide bonds. The smallest absolute Gasteiger partial charge is 0.326 e. The molecule has 0 saturated heterocycles. The monoisotopic (exact) mass is 794 g/mol. The van der Waals surface area contributed by atoms with Crippen LogP contribution in [0.5, 0.6) is 0 Å². The third kappa shape index (κ3) is 15.7. The van der Waals surface area contributed by atoms with Crippen LogP contribution in [0.1, 0.15) is 71.9 Å². The number of amides is 6. The lowest BCUT2D eigenvalue weighted by molar-refractivity contribution is -0.145. The number of hydrogen-bond donors (Lipinski definition) is 7. The minimum absolute atomic E-state index is 0.0149. The quantitative estimate of drug-likeness (QED) is 0.0856. The van der Waals surface area contributed by atoms with Gasteiger partial charge in [-0.25, -0.2) is 4.79 Å². The van der Waals surface area contributed by atoms with Crippen LogP contribution < -0.4 is 27.0 Å². The van der Waals surface area contributed by atoms with Crippen LogP contribution in [0.15, 0.2) is 60.7 Å². The lowest BCUT2D eigenvalue weighted by Crippen LogP contribution is -2.61. The normalized spacial score (nSPS) is 13.9. The summed E-state index contributed by atoms with van der Waals surface area (Å²) in [6.07, 6.45) is -0.870. The van der Waals surface area contributed by atoms with Gasteiger partial charge in [-0.3, -0.25) is 33.6 Å². The molecule has 312 valence electrons. The number of carboxylic acids is 2. The maximum absolute atomic E-state index is 14.2. The summed E-state index contributed by atoms with van der Waals surface area (Å²) in [5.74, 6) is -9.64. The van der Waals surface area contributed by atoms with Crippen LogP contribution in [0.2, 0.25) is 0 Å². The van der Waals surface area contributed by atoms with E-state index >= 15 is 0 Å². The third-order valence-corrected chi connectivity index (χ3v) is 9.28. The summed E-state index contributed by atoms with van der Waals surface area (Å²) in [5.41, 5.74) is 7.27. The fourth-order valence-electron chi connectivity index (χ4n) is 6.46. The molecular weight excluding hydrogens is 736 g/mol. The number of rotatable bonds is 23. The van der Waals surface area contributed by atoms with Crippen molar-refractivity contribution in [3.63, 3.8) is 0 Å².